The van der Waals surface area contributed by atoms with Crippen LogP contribution in [-0.2, 0) is 25.3 Å². The van der Waals surface area contributed by atoms with Gasteiger partial charge in [-0.25, -0.2) is 4.79 Å². The molecule has 1 amide bonds. The molecule has 212 valence electrons. The lowest BCUT2D eigenvalue weighted by atomic mass is 9.43. The third-order valence-corrected chi connectivity index (χ3v) is 8.91. The SMILES string of the molecule is COc1c(CC(NC(=O)CC(C)(C)C#N)B2OC3CC4CC(C4(C)C)C3(C)O2)cccc1C(=O)OC(C)(C)C. The number of esters is 1. The first kappa shape index (κ1) is 29.4. The molecule has 1 aromatic carbocycles. The average molecular weight is 538 g/mol. The summed E-state index contributed by atoms with van der Waals surface area (Å²) in [6, 6.07) is 7.52. The summed E-state index contributed by atoms with van der Waals surface area (Å²) in [6.45, 7) is 15.7. The second kappa shape index (κ2) is 10.1. The van der Waals surface area contributed by atoms with E-state index in [1.54, 1.807) is 26.0 Å². The van der Waals surface area contributed by atoms with Crippen molar-refractivity contribution in [1.29, 1.82) is 5.26 Å². The molecule has 4 aliphatic rings. The predicted octanol–water partition coefficient (Wildman–Crippen LogP) is 4.89. The largest absolute Gasteiger partial charge is 0.496 e. The van der Waals surface area contributed by atoms with Crippen molar-refractivity contribution in [3.63, 3.8) is 0 Å². The molecule has 1 aliphatic heterocycles. The van der Waals surface area contributed by atoms with Crippen molar-refractivity contribution in [2.75, 3.05) is 7.11 Å². The van der Waals surface area contributed by atoms with Crippen molar-refractivity contribution < 1.29 is 28.4 Å². The quantitative estimate of drug-likeness (QED) is 0.371. The van der Waals surface area contributed by atoms with Crippen LogP contribution < -0.4 is 10.1 Å². The fourth-order valence-electron chi connectivity index (χ4n) is 6.70. The number of nitrogens with zero attached hydrogens (tertiary/aromatic N) is 1. The highest BCUT2D eigenvalue weighted by Crippen LogP contribution is 2.65. The van der Waals surface area contributed by atoms with E-state index in [4.69, 9.17) is 18.8 Å². The van der Waals surface area contributed by atoms with E-state index >= 15 is 0 Å². The van der Waals surface area contributed by atoms with Crippen LogP contribution in [0.3, 0.4) is 0 Å². The highest BCUT2D eigenvalue weighted by atomic mass is 16.7. The van der Waals surface area contributed by atoms with E-state index in [1.165, 1.54) is 7.11 Å². The van der Waals surface area contributed by atoms with Crippen molar-refractivity contribution >= 4 is 19.0 Å². The summed E-state index contributed by atoms with van der Waals surface area (Å²) in [5.74, 6) is 0.0682. The Hall–Kier alpha value is -2.57. The number of ether oxygens (including phenoxy) is 2. The van der Waals surface area contributed by atoms with Gasteiger partial charge in [-0.05, 0) is 89.7 Å². The Morgan fingerprint density at radius 1 is 1.21 bits per heavy atom. The van der Waals surface area contributed by atoms with Crippen molar-refractivity contribution in [3.8, 4) is 11.8 Å². The van der Waals surface area contributed by atoms with Crippen LogP contribution in [-0.4, -0.2) is 49.4 Å². The molecular formula is C30H43BN2O6. The summed E-state index contributed by atoms with van der Waals surface area (Å²) >= 11 is 0. The highest BCUT2D eigenvalue weighted by Gasteiger charge is 2.68. The number of rotatable bonds is 8. The van der Waals surface area contributed by atoms with Gasteiger partial charge in [0.15, 0.2) is 0 Å². The van der Waals surface area contributed by atoms with Crippen molar-refractivity contribution in [1.82, 2.24) is 5.32 Å². The van der Waals surface area contributed by atoms with Gasteiger partial charge in [-0.1, -0.05) is 26.0 Å². The topological polar surface area (TPSA) is 107 Å². The molecule has 0 radical (unpaired) electrons. The minimum atomic E-state index is -0.814. The molecule has 39 heavy (non-hydrogen) atoms. The Labute approximate surface area is 233 Å². The number of nitrogens with one attached hydrogen (secondary N) is 1. The fraction of sp³-hybridized carbons (Fsp3) is 0.700. The van der Waals surface area contributed by atoms with E-state index in [0.29, 0.717) is 29.6 Å². The number of carbonyl (C=O) groups excluding carboxylic acids is 2. The van der Waals surface area contributed by atoms with Crippen LogP contribution in [0.25, 0.3) is 0 Å². The number of hydrogen-bond donors (Lipinski definition) is 1. The van der Waals surface area contributed by atoms with Crippen LogP contribution in [0.15, 0.2) is 18.2 Å². The fourth-order valence-corrected chi connectivity index (χ4v) is 6.70. The van der Waals surface area contributed by atoms with Gasteiger partial charge in [0.05, 0.1) is 36.2 Å². The zero-order chi connectivity index (χ0) is 29.0. The number of methoxy groups -OCH3 is 1. The van der Waals surface area contributed by atoms with Crippen LogP contribution in [0.5, 0.6) is 5.75 Å². The lowest BCUT2D eigenvalue weighted by Gasteiger charge is -2.64. The Balaban J connectivity index is 1.63. The first-order chi connectivity index (χ1) is 18.0. The second-order valence-electron chi connectivity index (χ2n) is 13.9. The normalized spacial score (nSPS) is 28.0. The molecule has 5 rings (SSSR count). The maximum Gasteiger partial charge on any atom is 0.482 e. The molecule has 1 aromatic rings. The summed E-state index contributed by atoms with van der Waals surface area (Å²) in [5.41, 5.74) is -0.691. The molecule has 4 fully saturated rings. The average Bonchev–Trinajstić information content (AvgIpc) is 3.19. The maximum atomic E-state index is 13.2. The monoisotopic (exact) mass is 538 g/mol. The smallest absolute Gasteiger partial charge is 0.482 e. The van der Waals surface area contributed by atoms with E-state index in [1.807, 2.05) is 26.8 Å². The van der Waals surface area contributed by atoms with Gasteiger partial charge in [-0.15, -0.1) is 0 Å². The molecule has 1 N–H and O–H groups in total. The molecule has 1 saturated heterocycles. The van der Waals surface area contributed by atoms with Crippen LogP contribution in [0.1, 0.15) is 90.6 Å². The standard InChI is InChI=1S/C30H43BN2O6/c1-27(2,3)37-26(35)20-12-10-11-18(25(20)36-9)13-23(33-24(34)16-28(4,5)17-32)31-38-22-15-19-14-21(29(19,6)7)30(22,8)39-31/h10-12,19,21-23H,13-16H2,1-9H3,(H,33,34). The molecule has 1 heterocycles. The van der Waals surface area contributed by atoms with E-state index in [2.05, 4.69) is 32.2 Å². The number of carbonyl (C=O) groups is 2. The molecule has 5 unspecified atom stereocenters. The Morgan fingerprint density at radius 3 is 2.49 bits per heavy atom. The number of nitriles is 1. The van der Waals surface area contributed by atoms with E-state index in [9.17, 15) is 14.9 Å². The molecule has 0 spiro atoms. The summed E-state index contributed by atoms with van der Waals surface area (Å²) < 4.78 is 24.6. The zero-order valence-corrected chi connectivity index (χ0v) is 24.8. The van der Waals surface area contributed by atoms with Gasteiger partial charge in [-0.2, -0.15) is 5.26 Å². The minimum Gasteiger partial charge on any atom is -0.496 e. The lowest BCUT2D eigenvalue weighted by molar-refractivity contribution is -0.199. The van der Waals surface area contributed by atoms with Crippen molar-refractivity contribution in [3.05, 3.63) is 29.3 Å². The van der Waals surface area contributed by atoms with Gasteiger partial charge >= 0.3 is 13.1 Å². The molecule has 2 bridgehead atoms. The zero-order valence-electron chi connectivity index (χ0n) is 24.8. The predicted molar refractivity (Wildman–Crippen MR) is 148 cm³/mol. The van der Waals surface area contributed by atoms with Crippen LogP contribution in [0, 0.1) is 34.0 Å². The first-order valence-electron chi connectivity index (χ1n) is 13.9. The first-order valence-corrected chi connectivity index (χ1v) is 13.9. The van der Waals surface area contributed by atoms with Gasteiger partial charge in [0.1, 0.15) is 16.9 Å². The number of benzene rings is 1. The van der Waals surface area contributed by atoms with E-state index in [-0.39, 0.29) is 23.8 Å². The number of amides is 1. The molecular weight excluding hydrogens is 495 g/mol. The third-order valence-electron chi connectivity index (χ3n) is 8.91. The number of hydrogen-bond acceptors (Lipinski definition) is 7. The summed E-state index contributed by atoms with van der Waals surface area (Å²) in [5, 5.41) is 12.6. The summed E-state index contributed by atoms with van der Waals surface area (Å²) in [6.07, 6.45) is 2.35. The summed E-state index contributed by atoms with van der Waals surface area (Å²) in [4.78, 5) is 26.1. The highest BCUT2D eigenvalue weighted by molar-refractivity contribution is 6.48. The Morgan fingerprint density at radius 2 is 1.90 bits per heavy atom. The van der Waals surface area contributed by atoms with Crippen molar-refractivity contribution in [2.45, 2.75) is 104 Å². The molecule has 9 heteroatoms. The molecule has 5 atom stereocenters. The van der Waals surface area contributed by atoms with Gasteiger partial charge in [0.2, 0.25) is 5.91 Å². The van der Waals surface area contributed by atoms with Gasteiger partial charge in [-0.3, -0.25) is 4.79 Å². The third kappa shape index (κ3) is 5.69. The molecule has 0 aromatic heterocycles. The minimum absolute atomic E-state index is 0.0419. The van der Waals surface area contributed by atoms with Crippen molar-refractivity contribution in [2.24, 2.45) is 22.7 Å². The van der Waals surface area contributed by atoms with E-state index in [0.717, 1.165) is 18.4 Å². The Bertz CT molecular complexity index is 1170. The van der Waals surface area contributed by atoms with Gasteiger partial charge < -0.3 is 24.1 Å². The van der Waals surface area contributed by atoms with Gasteiger partial charge in [0.25, 0.3) is 0 Å². The van der Waals surface area contributed by atoms with Gasteiger partial charge in [0, 0.05) is 6.42 Å². The molecule has 3 aliphatic carbocycles. The van der Waals surface area contributed by atoms with Crippen LogP contribution >= 0.6 is 0 Å². The molecule has 8 nitrogen and oxygen atoms in total. The lowest BCUT2D eigenvalue weighted by Crippen LogP contribution is -2.65. The maximum absolute atomic E-state index is 13.2. The molecule has 3 saturated carbocycles. The second-order valence-corrected chi connectivity index (χ2v) is 13.9. The Kier molecular flexibility index (Phi) is 7.63. The summed E-state index contributed by atoms with van der Waals surface area (Å²) in [7, 11) is 0.836. The van der Waals surface area contributed by atoms with E-state index < -0.39 is 35.6 Å². The number of para-hydroxylation sites is 1. The van der Waals surface area contributed by atoms with Crippen LogP contribution in [0.4, 0.5) is 0 Å². The van der Waals surface area contributed by atoms with Crippen LogP contribution in [0.2, 0.25) is 0 Å².